The monoisotopic (exact) mass is 490 g/mol. The van der Waals surface area contributed by atoms with Crippen molar-refractivity contribution in [3.05, 3.63) is 69.3 Å². The number of carbonyl (C=O) groups is 3. The third kappa shape index (κ3) is 3.33. The van der Waals surface area contributed by atoms with E-state index in [2.05, 4.69) is 15.9 Å². The number of hydrogen-bond acceptors (Lipinski definition) is 5. The Morgan fingerprint density at radius 1 is 1.21 bits per heavy atom. The van der Waals surface area contributed by atoms with Gasteiger partial charge in [0.25, 0.3) is 5.91 Å². The number of imide groups is 1. The molecule has 1 fully saturated rings. The van der Waals surface area contributed by atoms with E-state index >= 15 is 0 Å². The average molecular weight is 491 g/mol. The Balaban J connectivity index is 1.75. The molecule has 0 spiro atoms. The van der Waals surface area contributed by atoms with Crippen LogP contribution < -0.4 is 9.80 Å². The SMILES string of the molecule is CC(=O)N1C(=O)[C@@H](/C=C2\SC(=S)N(c3ccccc3F)C2=O)c2cc(Br)ccc21. The maximum atomic E-state index is 14.2. The number of thioether (sulfide) groups is 1. The Morgan fingerprint density at radius 3 is 2.62 bits per heavy atom. The lowest BCUT2D eigenvalue weighted by molar-refractivity contribution is -0.125. The van der Waals surface area contributed by atoms with Gasteiger partial charge in [-0.3, -0.25) is 19.3 Å². The van der Waals surface area contributed by atoms with Gasteiger partial charge in [-0.25, -0.2) is 9.29 Å². The van der Waals surface area contributed by atoms with Crippen LogP contribution in [0.1, 0.15) is 18.4 Å². The van der Waals surface area contributed by atoms with Crippen molar-refractivity contribution in [1.82, 2.24) is 0 Å². The molecule has 0 N–H and O–H groups in total. The highest BCUT2D eigenvalue weighted by atomic mass is 79.9. The van der Waals surface area contributed by atoms with Crippen molar-refractivity contribution in [2.75, 3.05) is 9.80 Å². The predicted octanol–water partition coefficient (Wildman–Crippen LogP) is 4.51. The fraction of sp³-hybridized carbons (Fsp3) is 0.100. The maximum Gasteiger partial charge on any atom is 0.270 e. The molecule has 2 aliphatic rings. The Bertz CT molecular complexity index is 1130. The van der Waals surface area contributed by atoms with Gasteiger partial charge < -0.3 is 0 Å². The van der Waals surface area contributed by atoms with Crippen LogP contribution in [0.3, 0.4) is 0 Å². The molecule has 2 aliphatic heterocycles. The molecule has 146 valence electrons. The molecule has 0 unspecified atom stereocenters. The number of carbonyl (C=O) groups excluding carboxylic acids is 3. The van der Waals surface area contributed by atoms with E-state index < -0.39 is 29.5 Å². The van der Waals surface area contributed by atoms with E-state index in [1.54, 1.807) is 24.3 Å². The minimum Gasteiger partial charge on any atom is -0.274 e. The van der Waals surface area contributed by atoms with E-state index in [0.717, 1.165) is 26.0 Å². The number of hydrogen-bond donors (Lipinski definition) is 0. The van der Waals surface area contributed by atoms with E-state index in [1.165, 1.54) is 31.2 Å². The third-order valence-corrected chi connectivity index (χ3v) is 6.39. The number of amides is 3. The molecule has 4 rings (SSSR count). The van der Waals surface area contributed by atoms with Crippen LogP contribution in [0.15, 0.2) is 57.9 Å². The van der Waals surface area contributed by atoms with E-state index in [9.17, 15) is 18.8 Å². The number of halogens is 2. The van der Waals surface area contributed by atoms with Gasteiger partial charge in [-0.15, -0.1) is 0 Å². The molecule has 1 atom stereocenters. The van der Waals surface area contributed by atoms with Crippen LogP contribution in [-0.2, 0) is 14.4 Å². The zero-order valence-corrected chi connectivity index (χ0v) is 18.1. The van der Waals surface area contributed by atoms with Gasteiger partial charge in [0, 0.05) is 11.4 Å². The number of para-hydroxylation sites is 1. The van der Waals surface area contributed by atoms with Gasteiger partial charge in [0.1, 0.15) is 5.82 Å². The van der Waals surface area contributed by atoms with Crippen molar-refractivity contribution >= 4 is 73.3 Å². The Kier molecular flexibility index (Phi) is 5.14. The zero-order valence-electron chi connectivity index (χ0n) is 14.9. The molecule has 2 aromatic carbocycles. The standard InChI is InChI=1S/C20H12BrFN2O3S2/c1-10(25)23-15-7-6-11(21)8-12(15)13(18(23)26)9-17-19(27)24(20(28)29-17)16-5-3-2-4-14(16)22/h2-9,13H,1H3/b17-9-/t13-/m0/s1. The van der Waals surface area contributed by atoms with Crippen LogP contribution in [0.5, 0.6) is 0 Å². The van der Waals surface area contributed by atoms with Crippen molar-refractivity contribution < 1.29 is 18.8 Å². The van der Waals surface area contributed by atoms with Crippen LogP contribution >= 0.6 is 39.9 Å². The van der Waals surface area contributed by atoms with Crippen LogP contribution in [0.25, 0.3) is 0 Å². The summed E-state index contributed by atoms with van der Waals surface area (Å²) in [4.78, 5) is 40.3. The van der Waals surface area contributed by atoms with E-state index in [1.807, 2.05) is 0 Å². The van der Waals surface area contributed by atoms with Crippen molar-refractivity contribution in [3.63, 3.8) is 0 Å². The summed E-state index contributed by atoms with van der Waals surface area (Å²) >= 11 is 9.64. The van der Waals surface area contributed by atoms with Crippen LogP contribution in [0.4, 0.5) is 15.8 Å². The molecule has 3 amide bonds. The summed E-state index contributed by atoms with van der Waals surface area (Å²) in [7, 11) is 0. The number of rotatable bonds is 2. The summed E-state index contributed by atoms with van der Waals surface area (Å²) in [5.41, 5.74) is 1.15. The molecule has 5 nitrogen and oxygen atoms in total. The number of fused-ring (bicyclic) bond motifs is 1. The van der Waals surface area contributed by atoms with Gasteiger partial charge in [0.2, 0.25) is 11.8 Å². The van der Waals surface area contributed by atoms with Crippen molar-refractivity contribution in [2.24, 2.45) is 0 Å². The molecular weight excluding hydrogens is 479 g/mol. The van der Waals surface area contributed by atoms with Crippen LogP contribution in [0, 0.1) is 5.82 Å². The van der Waals surface area contributed by atoms with Gasteiger partial charge >= 0.3 is 0 Å². The second-order valence-electron chi connectivity index (χ2n) is 6.36. The first-order chi connectivity index (χ1) is 13.8. The molecule has 0 aliphatic carbocycles. The van der Waals surface area contributed by atoms with Crippen molar-refractivity contribution in [2.45, 2.75) is 12.8 Å². The molecule has 2 heterocycles. The summed E-state index contributed by atoms with van der Waals surface area (Å²) in [6, 6.07) is 11.0. The molecular formula is C20H12BrFN2O3S2. The second-order valence-corrected chi connectivity index (χ2v) is 8.96. The first-order valence-corrected chi connectivity index (χ1v) is 10.5. The average Bonchev–Trinajstić information content (AvgIpc) is 3.09. The summed E-state index contributed by atoms with van der Waals surface area (Å²) in [5.74, 6) is -2.74. The van der Waals surface area contributed by atoms with Crippen molar-refractivity contribution in [1.29, 1.82) is 0 Å². The van der Waals surface area contributed by atoms with E-state index in [0.29, 0.717) is 11.3 Å². The lowest BCUT2D eigenvalue weighted by Gasteiger charge is -2.15. The van der Waals surface area contributed by atoms with Crippen LogP contribution in [0.2, 0.25) is 0 Å². The molecule has 0 aromatic heterocycles. The predicted molar refractivity (Wildman–Crippen MR) is 117 cm³/mol. The Morgan fingerprint density at radius 2 is 1.93 bits per heavy atom. The smallest absolute Gasteiger partial charge is 0.270 e. The molecule has 1 saturated heterocycles. The van der Waals surface area contributed by atoms with E-state index in [4.69, 9.17) is 12.2 Å². The third-order valence-electron chi connectivity index (χ3n) is 4.57. The first kappa shape index (κ1) is 19.9. The Hall–Kier alpha value is -2.36. The number of nitrogens with zero attached hydrogens (tertiary/aromatic N) is 2. The number of thiocarbonyl (C=S) groups is 1. The first-order valence-electron chi connectivity index (χ1n) is 8.46. The molecule has 0 bridgehead atoms. The van der Waals surface area contributed by atoms with Gasteiger partial charge in [0.05, 0.1) is 22.2 Å². The summed E-state index contributed by atoms with van der Waals surface area (Å²) in [6.07, 6.45) is 1.50. The van der Waals surface area contributed by atoms with Gasteiger partial charge in [0.15, 0.2) is 4.32 Å². The van der Waals surface area contributed by atoms with Gasteiger partial charge in [-0.05, 0) is 42.0 Å². The minimum atomic E-state index is -0.818. The molecule has 29 heavy (non-hydrogen) atoms. The summed E-state index contributed by atoms with van der Waals surface area (Å²) < 4.78 is 15.1. The Labute approximate surface area is 183 Å². The second kappa shape index (κ2) is 7.47. The highest BCUT2D eigenvalue weighted by Crippen LogP contribution is 2.43. The highest BCUT2D eigenvalue weighted by Gasteiger charge is 2.41. The molecule has 0 radical (unpaired) electrons. The topological polar surface area (TPSA) is 57.7 Å². The normalized spacial score (nSPS) is 20.0. The largest absolute Gasteiger partial charge is 0.274 e. The highest BCUT2D eigenvalue weighted by molar-refractivity contribution is 9.10. The minimum absolute atomic E-state index is 0.0599. The lowest BCUT2D eigenvalue weighted by atomic mass is 10.00. The molecule has 2 aromatic rings. The maximum absolute atomic E-state index is 14.2. The quantitative estimate of drug-likeness (QED) is 0.457. The van der Waals surface area contributed by atoms with Gasteiger partial charge in [-0.2, -0.15) is 0 Å². The van der Waals surface area contributed by atoms with Crippen molar-refractivity contribution in [3.8, 4) is 0 Å². The lowest BCUT2D eigenvalue weighted by Crippen LogP contribution is -2.33. The van der Waals surface area contributed by atoms with E-state index in [-0.39, 0.29) is 14.9 Å². The zero-order chi connectivity index (χ0) is 20.9. The van der Waals surface area contributed by atoms with Crippen LogP contribution in [-0.4, -0.2) is 22.0 Å². The fourth-order valence-corrected chi connectivity index (χ4v) is 5.00. The van der Waals surface area contributed by atoms with Gasteiger partial charge in [-0.1, -0.05) is 52.0 Å². The number of anilines is 2. The molecule has 9 heteroatoms. The molecule has 0 saturated carbocycles. The fourth-order valence-electron chi connectivity index (χ4n) is 3.33. The summed E-state index contributed by atoms with van der Waals surface area (Å²) in [6.45, 7) is 1.31. The summed E-state index contributed by atoms with van der Waals surface area (Å²) in [5, 5.41) is 0. The number of benzene rings is 2.